The molecule has 0 N–H and O–H groups in total. The summed E-state index contributed by atoms with van der Waals surface area (Å²) in [5, 5.41) is 3.64. The normalized spacial score (nSPS) is 11.7. The van der Waals surface area contributed by atoms with E-state index in [4.69, 9.17) is 9.97 Å². The van der Waals surface area contributed by atoms with E-state index in [0.717, 1.165) is 45.4 Å². The zero-order valence-corrected chi connectivity index (χ0v) is 22.2. The third-order valence-corrected chi connectivity index (χ3v) is 7.49. The van der Waals surface area contributed by atoms with Gasteiger partial charge in [0, 0.05) is 45.4 Å². The number of hydrogen-bond acceptors (Lipinski definition) is 2. The van der Waals surface area contributed by atoms with Crippen LogP contribution < -0.4 is 0 Å². The van der Waals surface area contributed by atoms with Crippen molar-refractivity contribution in [2.45, 2.75) is 20.3 Å². The molecule has 0 amide bonds. The lowest BCUT2D eigenvalue weighted by Crippen LogP contribution is -1.97. The van der Waals surface area contributed by atoms with Gasteiger partial charge in [-0.05, 0) is 59.9 Å². The average molecular weight is 504 g/mol. The highest BCUT2D eigenvalue weighted by atomic mass is 15.0. The van der Waals surface area contributed by atoms with E-state index in [9.17, 15) is 0 Å². The van der Waals surface area contributed by atoms with Gasteiger partial charge in [0.2, 0.25) is 0 Å². The van der Waals surface area contributed by atoms with Gasteiger partial charge in [0.15, 0.2) is 0 Å². The van der Waals surface area contributed by atoms with Crippen molar-refractivity contribution < 1.29 is 0 Å². The maximum Gasteiger partial charge on any atom is 0.0780 e. The molecule has 0 atom stereocenters. The lowest BCUT2D eigenvalue weighted by molar-refractivity contribution is 0.646. The van der Waals surface area contributed by atoms with Crippen LogP contribution in [0.5, 0.6) is 0 Å². The second-order valence-electron chi connectivity index (χ2n) is 10.7. The molecular weight excluding hydrogens is 474 g/mol. The van der Waals surface area contributed by atoms with Crippen molar-refractivity contribution in [1.82, 2.24) is 14.5 Å². The molecule has 3 heterocycles. The zero-order valence-electron chi connectivity index (χ0n) is 22.2. The van der Waals surface area contributed by atoms with Crippen LogP contribution in [-0.2, 0) is 6.42 Å². The quantitative estimate of drug-likeness (QED) is 0.234. The number of rotatable bonds is 5. The molecule has 0 bridgehead atoms. The molecule has 188 valence electrons. The molecule has 0 aliphatic heterocycles. The largest absolute Gasteiger partial charge is 0.309 e. The minimum Gasteiger partial charge on any atom is -0.309 e. The Morgan fingerprint density at radius 2 is 1.51 bits per heavy atom. The molecule has 0 radical (unpaired) electrons. The predicted molar refractivity (Wildman–Crippen MR) is 163 cm³/mol. The van der Waals surface area contributed by atoms with Crippen LogP contribution in [0.4, 0.5) is 0 Å². The molecule has 0 saturated carbocycles. The number of para-hydroxylation sites is 2. The predicted octanol–water partition coefficient (Wildman–Crippen LogP) is 9.26. The van der Waals surface area contributed by atoms with E-state index in [1.165, 1.54) is 27.4 Å². The van der Waals surface area contributed by atoms with Gasteiger partial charge < -0.3 is 4.57 Å². The van der Waals surface area contributed by atoms with E-state index < -0.39 is 0 Å². The summed E-state index contributed by atoms with van der Waals surface area (Å²) in [5.41, 5.74) is 10.2. The number of nitrogens with zero attached hydrogens (tertiary/aromatic N) is 3. The topological polar surface area (TPSA) is 30.7 Å². The Morgan fingerprint density at radius 1 is 0.667 bits per heavy atom. The van der Waals surface area contributed by atoms with Gasteiger partial charge >= 0.3 is 0 Å². The van der Waals surface area contributed by atoms with Crippen LogP contribution in [-0.4, -0.2) is 14.5 Å². The molecule has 0 spiro atoms. The van der Waals surface area contributed by atoms with Gasteiger partial charge in [-0.15, -0.1) is 0 Å². The van der Waals surface area contributed by atoms with Gasteiger partial charge in [-0.25, -0.2) is 0 Å². The van der Waals surface area contributed by atoms with Crippen LogP contribution >= 0.6 is 0 Å². The summed E-state index contributed by atoms with van der Waals surface area (Å²) < 4.78 is 2.38. The molecular formula is C36H29N3. The highest BCUT2D eigenvalue weighted by Crippen LogP contribution is 2.36. The van der Waals surface area contributed by atoms with Crippen molar-refractivity contribution in [3.8, 4) is 28.1 Å². The van der Waals surface area contributed by atoms with E-state index in [2.05, 4.69) is 122 Å². The van der Waals surface area contributed by atoms with Crippen molar-refractivity contribution in [2.75, 3.05) is 0 Å². The Hall–Kier alpha value is -4.76. The van der Waals surface area contributed by atoms with E-state index in [0.29, 0.717) is 5.92 Å². The van der Waals surface area contributed by atoms with E-state index in [1.54, 1.807) is 0 Å². The fourth-order valence-electron chi connectivity index (χ4n) is 5.75. The second-order valence-corrected chi connectivity index (χ2v) is 10.7. The van der Waals surface area contributed by atoms with Crippen LogP contribution in [0.2, 0.25) is 0 Å². The Morgan fingerprint density at radius 3 is 2.38 bits per heavy atom. The monoisotopic (exact) mass is 503 g/mol. The van der Waals surface area contributed by atoms with Gasteiger partial charge in [0.25, 0.3) is 0 Å². The molecule has 3 heteroatoms. The Labute approximate surface area is 228 Å². The van der Waals surface area contributed by atoms with Gasteiger partial charge in [-0.2, -0.15) is 0 Å². The minimum atomic E-state index is 0.617. The fourth-order valence-corrected chi connectivity index (χ4v) is 5.75. The van der Waals surface area contributed by atoms with Crippen LogP contribution in [0.1, 0.15) is 19.4 Å². The summed E-state index contributed by atoms with van der Waals surface area (Å²) in [6.07, 6.45) is 4.94. The molecule has 0 unspecified atom stereocenters. The molecule has 0 saturated heterocycles. The molecule has 0 aliphatic rings. The average Bonchev–Trinajstić information content (AvgIpc) is 3.31. The summed E-state index contributed by atoms with van der Waals surface area (Å²) in [4.78, 5) is 9.53. The summed E-state index contributed by atoms with van der Waals surface area (Å²) in [7, 11) is 0. The Bertz CT molecular complexity index is 1960. The maximum absolute atomic E-state index is 4.82. The number of aromatic nitrogens is 3. The molecule has 7 aromatic rings. The first-order chi connectivity index (χ1) is 19.2. The molecule has 4 aromatic carbocycles. The molecule has 3 nitrogen and oxygen atoms in total. The van der Waals surface area contributed by atoms with Crippen molar-refractivity contribution in [3.05, 3.63) is 127 Å². The Kier molecular flexibility index (Phi) is 5.70. The minimum absolute atomic E-state index is 0.617. The van der Waals surface area contributed by atoms with Gasteiger partial charge in [-0.3, -0.25) is 9.97 Å². The third kappa shape index (κ3) is 4.17. The number of benzene rings is 4. The van der Waals surface area contributed by atoms with Crippen LogP contribution in [0, 0.1) is 5.92 Å². The molecule has 0 fully saturated rings. The molecule has 3 aromatic heterocycles. The zero-order chi connectivity index (χ0) is 26.3. The van der Waals surface area contributed by atoms with Crippen LogP contribution in [0.25, 0.3) is 60.8 Å². The lowest BCUT2D eigenvalue weighted by Gasteiger charge is -2.12. The first-order valence-corrected chi connectivity index (χ1v) is 13.6. The molecule has 39 heavy (non-hydrogen) atoms. The number of hydrogen-bond donors (Lipinski definition) is 0. The van der Waals surface area contributed by atoms with Gasteiger partial charge in [0.1, 0.15) is 0 Å². The van der Waals surface area contributed by atoms with E-state index >= 15 is 0 Å². The number of fused-ring (bicyclic) bond motifs is 4. The lowest BCUT2D eigenvalue weighted by atomic mass is 10.0. The summed E-state index contributed by atoms with van der Waals surface area (Å²) in [6, 6.07) is 39.0. The first-order valence-electron chi connectivity index (χ1n) is 13.6. The standard InChI is InChI=1S/C36H29N3/c1-24(2)20-25-15-18-33(38-23-25)28-9-5-11-29(21-28)39-34-14-4-3-12-31(34)32-17-16-27(22-35(32)39)30-13-6-8-26-10-7-19-37-36(26)30/h3-19,21-24H,20H2,1-2H3. The van der Waals surface area contributed by atoms with Gasteiger partial charge in [0.05, 0.1) is 22.2 Å². The maximum atomic E-state index is 4.82. The van der Waals surface area contributed by atoms with Crippen LogP contribution in [0.3, 0.4) is 0 Å². The fraction of sp³-hybridized carbons (Fsp3) is 0.111. The van der Waals surface area contributed by atoms with Gasteiger partial charge in [-0.1, -0.05) is 86.6 Å². The van der Waals surface area contributed by atoms with Crippen molar-refractivity contribution in [3.63, 3.8) is 0 Å². The van der Waals surface area contributed by atoms with E-state index in [1.807, 2.05) is 18.5 Å². The Balaban J connectivity index is 1.41. The molecule has 0 aliphatic carbocycles. The highest BCUT2D eigenvalue weighted by molar-refractivity contribution is 6.10. The second kappa shape index (κ2) is 9.52. The SMILES string of the molecule is CC(C)Cc1ccc(-c2cccc(-n3c4ccccc4c4ccc(-c5cccc6cccnc56)cc43)c2)nc1. The molecule has 7 rings (SSSR count). The van der Waals surface area contributed by atoms with Crippen molar-refractivity contribution in [1.29, 1.82) is 0 Å². The first kappa shape index (κ1) is 23.4. The summed E-state index contributed by atoms with van der Waals surface area (Å²) >= 11 is 0. The van der Waals surface area contributed by atoms with Crippen molar-refractivity contribution in [2.24, 2.45) is 5.92 Å². The third-order valence-electron chi connectivity index (χ3n) is 7.49. The smallest absolute Gasteiger partial charge is 0.0780 e. The highest BCUT2D eigenvalue weighted by Gasteiger charge is 2.15. The summed E-state index contributed by atoms with van der Waals surface area (Å²) in [6.45, 7) is 4.48. The van der Waals surface area contributed by atoms with Crippen molar-refractivity contribution >= 4 is 32.7 Å². The van der Waals surface area contributed by atoms with E-state index in [-0.39, 0.29) is 0 Å². The summed E-state index contributed by atoms with van der Waals surface area (Å²) in [5.74, 6) is 0.617. The van der Waals surface area contributed by atoms with Crippen LogP contribution in [0.15, 0.2) is 122 Å². The number of pyridine rings is 2.